The highest BCUT2D eigenvalue weighted by Crippen LogP contribution is 2.34. The summed E-state index contributed by atoms with van der Waals surface area (Å²) in [5, 5.41) is 0. The number of hydrogen-bond acceptors (Lipinski definition) is 4. The van der Waals surface area contributed by atoms with Crippen molar-refractivity contribution in [2.24, 2.45) is 0 Å². The van der Waals surface area contributed by atoms with Crippen LogP contribution in [0, 0.1) is 6.92 Å². The summed E-state index contributed by atoms with van der Waals surface area (Å²) in [5.74, 6) is 1.45. The Morgan fingerprint density at radius 2 is 1.80 bits per heavy atom. The molecule has 0 saturated heterocycles. The van der Waals surface area contributed by atoms with E-state index in [-0.39, 0.29) is 6.79 Å². The second-order valence-electron chi connectivity index (χ2n) is 5.56. The van der Waals surface area contributed by atoms with Crippen LogP contribution >= 0.6 is 0 Å². The monoisotopic (exact) mass is 342 g/mol. The van der Waals surface area contributed by atoms with E-state index >= 15 is 0 Å². The van der Waals surface area contributed by atoms with Gasteiger partial charge in [0.2, 0.25) is 0 Å². The molecular formula is C21H26O4. The van der Waals surface area contributed by atoms with Gasteiger partial charge in [0.1, 0.15) is 11.5 Å². The standard InChI is InChI=1S/C21H26O4/c1-5-24-13-12-19(17-8-6-16(2)7-9-17)20-11-10-18(23-4)14-21(20)25-15-22-3/h6-12,14H,5,13,15H2,1-4H3/b19-12-. The lowest BCUT2D eigenvalue weighted by Gasteiger charge is -2.16. The average Bonchev–Trinajstić information content (AvgIpc) is 2.64. The van der Waals surface area contributed by atoms with E-state index < -0.39 is 0 Å². The smallest absolute Gasteiger partial charge is 0.188 e. The number of hydrogen-bond donors (Lipinski definition) is 0. The Morgan fingerprint density at radius 3 is 2.44 bits per heavy atom. The van der Waals surface area contributed by atoms with Gasteiger partial charge in [-0.15, -0.1) is 0 Å². The van der Waals surface area contributed by atoms with Crippen LogP contribution in [-0.4, -0.2) is 34.2 Å². The molecular weight excluding hydrogens is 316 g/mol. The molecule has 2 aromatic rings. The van der Waals surface area contributed by atoms with E-state index in [2.05, 4.69) is 37.3 Å². The molecule has 4 heteroatoms. The predicted octanol–water partition coefficient (Wildman–Crippen LogP) is 4.45. The summed E-state index contributed by atoms with van der Waals surface area (Å²) in [4.78, 5) is 0. The van der Waals surface area contributed by atoms with Crippen LogP contribution in [0.3, 0.4) is 0 Å². The SMILES string of the molecule is CCOC/C=C(/c1ccc(C)cc1)c1ccc(OC)cc1OCOC. The molecule has 0 aromatic heterocycles. The van der Waals surface area contributed by atoms with Gasteiger partial charge in [0.05, 0.1) is 13.7 Å². The van der Waals surface area contributed by atoms with Crippen molar-refractivity contribution in [3.8, 4) is 11.5 Å². The summed E-state index contributed by atoms with van der Waals surface area (Å²) in [6.45, 7) is 5.45. The maximum absolute atomic E-state index is 5.78. The lowest BCUT2D eigenvalue weighted by Crippen LogP contribution is -2.03. The second kappa shape index (κ2) is 9.87. The van der Waals surface area contributed by atoms with Crippen LogP contribution in [0.4, 0.5) is 0 Å². The van der Waals surface area contributed by atoms with Crippen molar-refractivity contribution in [2.45, 2.75) is 13.8 Å². The fraction of sp³-hybridized carbons (Fsp3) is 0.333. The molecule has 134 valence electrons. The maximum Gasteiger partial charge on any atom is 0.188 e. The van der Waals surface area contributed by atoms with Crippen molar-refractivity contribution >= 4 is 5.57 Å². The zero-order chi connectivity index (χ0) is 18.1. The Bertz CT molecular complexity index is 690. The number of rotatable bonds is 9. The van der Waals surface area contributed by atoms with Gasteiger partial charge in [-0.05, 0) is 37.1 Å². The molecule has 0 unspecified atom stereocenters. The Hall–Kier alpha value is -2.30. The van der Waals surface area contributed by atoms with Gasteiger partial charge in [0.25, 0.3) is 0 Å². The predicted molar refractivity (Wildman–Crippen MR) is 100 cm³/mol. The molecule has 0 N–H and O–H groups in total. The largest absolute Gasteiger partial charge is 0.497 e. The van der Waals surface area contributed by atoms with E-state index in [1.165, 1.54) is 5.56 Å². The third kappa shape index (κ3) is 5.34. The van der Waals surface area contributed by atoms with E-state index in [4.69, 9.17) is 18.9 Å². The molecule has 0 saturated carbocycles. The molecule has 0 fully saturated rings. The molecule has 0 radical (unpaired) electrons. The molecule has 0 heterocycles. The quantitative estimate of drug-likeness (QED) is 0.498. The van der Waals surface area contributed by atoms with Gasteiger partial charge in [-0.2, -0.15) is 0 Å². The second-order valence-corrected chi connectivity index (χ2v) is 5.56. The molecule has 2 rings (SSSR count). The average molecular weight is 342 g/mol. The van der Waals surface area contributed by atoms with Crippen molar-refractivity contribution in [3.05, 3.63) is 65.2 Å². The third-order valence-electron chi connectivity index (χ3n) is 3.78. The summed E-state index contributed by atoms with van der Waals surface area (Å²) in [5.41, 5.74) is 4.36. The van der Waals surface area contributed by atoms with E-state index in [1.807, 2.05) is 25.1 Å². The van der Waals surface area contributed by atoms with E-state index in [0.29, 0.717) is 19.0 Å². The van der Waals surface area contributed by atoms with Crippen LogP contribution in [0.25, 0.3) is 5.57 Å². The van der Waals surface area contributed by atoms with Crippen molar-refractivity contribution in [3.63, 3.8) is 0 Å². The van der Waals surface area contributed by atoms with Crippen LogP contribution in [0.15, 0.2) is 48.5 Å². The van der Waals surface area contributed by atoms with Gasteiger partial charge >= 0.3 is 0 Å². The first kappa shape index (κ1) is 19.0. The first-order chi connectivity index (χ1) is 12.2. The Labute approximate surface area is 150 Å². The van der Waals surface area contributed by atoms with Gasteiger partial charge in [0.15, 0.2) is 6.79 Å². The van der Waals surface area contributed by atoms with E-state index in [1.54, 1.807) is 14.2 Å². The normalized spacial score (nSPS) is 11.4. The first-order valence-electron chi connectivity index (χ1n) is 8.34. The molecule has 0 bridgehead atoms. The van der Waals surface area contributed by atoms with Crippen molar-refractivity contribution in [1.82, 2.24) is 0 Å². The number of aryl methyl sites for hydroxylation is 1. The molecule has 25 heavy (non-hydrogen) atoms. The summed E-state index contributed by atoms with van der Waals surface area (Å²) in [7, 11) is 3.24. The highest BCUT2D eigenvalue weighted by molar-refractivity contribution is 5.83. The van der Waals surface area contributed by atoms with Crippen LogP contribution in [-0.2, 0) is 9.47 Å². The molecule has 0 aliphatic carbocycles. The summed E-state index contributed by atoms with van der Waals surface area (Å²) in [6, 6.07) is 14.2. The van der Waals surface area contributed by atoms with E-state index in [0.717, 1.165) is 22.4 Å². The summed E-state index contributed by atoms with van der Waals surface area (Å²) < 4.78 is 21.7. The van der Waals surface area contributed by atoms with Gasteiger partial charge in [0, 0.05) is 25.3 Å². The fourth-order valence-corrected chi connectivity index (χ4v) is 2.47. The number of ether oxygens (including phenoxy) is 4. The van der Waals surface area contributed by atoms with E-state index in [9.17, 15) is 0 Å². The van der Waals surface area contributed by atoms with Gasteiger partial charge in [-0.1, -0.05) is 35.9 Å². The molecule has 0 spiro atoms. The minimum atomic E-state index is 0.173. The van der Waals surface area contributed by atoms with Crippen LogP contribution in [0.5, 0.6) is 11.5 Å². The molecule has 4 nitrogen and oxygen atoms in total. The zero-order valence-corrected chi connectivity index (χ0v) is 15.4. The van der Waals surface area contributed by atoms with Crippen molar-refractivity contribution < 1.29 is 18.9 Å². The summed E-state index contributed by atoms with van der Waals surface area (Å²) >= 11 is 0. The van der Waals surface area contributed by atoms with Gasteiger partial charge < -0.3 is 18.9 Å². The fourth-order valence-electron chi connectivity index (χ4n) is 2.47. The Morgan fingerprint density at radius 1 is 1.04 bits per heavy atom. The zero-order valence-electron chi connectivity index (χ0n) is 15.4. The molecule has 0 aliphatic heterocycles. The van der Waals surface area contributed by atoms with Crippen molar-refractivity contribution in [1.29, 1.82) is 0 Å². The maximum atomic E-state index is 5.78. The number of benzene rings is 2. The minimum absolute atomic E-state index is 0.173. The lowest BCUT2D eigenvalue weighted by atomic mass is 9.96. The minimum Gasteiger partial charge on any atom is -0.497 e. The molecule has 2 aromatic carbocycles. The highest BCUT2D eigenvalue weighted by atomic mass is 16.7. The van der Waals surface area contributed by atoms with Crippen molar-refractivity contribution in [2.75, 3.05) is 34.2 Å². The van der Waals surface area contributed by atoms with Crippen LogP contribution in [0.2, 0.25) is 0 Å². The Balaban J connectivity index is 2.48. The third-order valence-corrected chi connectivity index (χ3v) is 3.78. The molecule has 0 aliphatic rings. The van der Waals surface area contributed by atoms with Gasteiger partial charge in [-0.25, -0.2) is 0 Å². The first-order valence-corrected chi connectivity index (χ1v) is 8.34. The van der Waals surface area contributed by atoms with Crippen LogP contribution < -0.4 is 9.47 Å². The highest BCUT2D eigenvalue weighted by Gasteiger charge is 2.13. The topological polar surface area (TPSA) is 36.9 Å². The Kier molecular flexibility index (Phi) is 7.51. The lowest BCUT2D eigenvalue weighted by molar-refractivity contribution is 0.0508. The summed E-state index contributed by atoms with van der Waals surface area (Å²) in [6.07, 6.45) is 2.08. The number of methoxy groups -OCH3 is 2. The van der Waals surface area contributed by atoms with Crippen LogP contribution in [0.1, 0.15) is 23.6 Å². The molecule has 0 amide bonds. The van der Waals surface area contributed by atoms with Gasteiger partial charge in [-0.3, -0.25) is 0 Å². The molecule has 0 atom stereocenters.